The van der Waals surface area contributed by atoms with Crippen LogP contribution in [0.2, 0.25) is 0 Å². The van der Waals surface area contributed by atoms with Crippen LogP contribution in [0.1, 0.15) is 17.3 Å². The summed E-state index contributed by atoms with van der Waals surface area (Å²) in [4.78, 5) is 23.2. The number of amides is 1. The minimum absolute atomic E-state index is 0.0540. The van der Waals surface area contributed by atoms with E-state index in [0.29, 0.717) is 6.54 Å². The van der Waals surface area contributed by atoms with Crippen LogP contribution in [0.25, 0.3) is 0 Å². The van der Waals surface area contributed by atoms with Gasteiger partial charge in [0, 0.05) is 17.7 Å². The van der Waals surface area contributed by atoms with Gasteiger partial charge in [-0.2, -0.15) is 4.80 Å². The van der Waals surface area contributed by atoms with E-state index in [1.165, 1.54) is 29.1 Å². The molecule has 0 aliphatic rings. The SMILES string of the molecule is CCn1nnc(NC(=O)c2cccc([N+](=O)[O-])c2)n1. The van der Waals surface area contributed by atoms with Gasteiger partial charge in [0.1, 0.15) is 0 Å². The predicted octanol–water partition coefficient (Wildman–Crippen LogP) is 0.853. The second kappa shape index (κ2) is 5.21. The summed E-state index contributed by atoms with van der Waals surface area (Å²) < 4.78 is 0. The van der Waals surface area contributed by atoms with Gasteiger partial charge < -0.3 is 0 Å². The Morgan fingerprint density at radius 1 is 1.53 bits per heavy atom. The van der Waals surface area contributed by atoms with Crippen LogP contribution in [-0.4, -0.2) is 31.0 Å². The first kappa shape index (κ1) is 12.6. The van der Waals surface area contributed by atoms with E-state index in [4.69, 9.17) is 0 Å². The standard InChI is InChI=1S/C10H10N6O3/c1-2-15-13-10(12-14-15)11-9(17)7-4-3-5-8(6-7)16(18)19/h3-6H,2H2,1H3,(H,11,13,17). The minimum Gasteiger partial charge on any atom is -0.288 e. The topological polar surface area (TPSA) is 116 Å². The summed E-state index contributed by atoms with van der Waals surface area (Å²) in [5, 5.41) is 24.2. The monoisotopic (exact) mass is 262 g/mol. The smallest absolute Gasteiger partial charge is 0.270 e. The molecule has 0 aliphatic heterocycles. The Morgan fingerprint density at radius 3 is 2.95 bits per heavy atom. The third kappa shape index (κ3) is 2.89. The van der Waals surface area contributed by atoms with Crippen molar-refractivity contribution in [1.82, 2.24) is 20.2 Å². The molecular weight excluding hydrogens is 252 g/mol. The van der Waals surface area contributed by atoms with Gasteiger partial charge in [-0.15, -0.1) is 5.10 Å². The number of benzene rings is 1. The molecule has 9 heteroatoms. The van der Waals surface area contributed by atoms with Crippen LogP contribution in [0.15, 0.2) is 24.3 Å². The lowest BCUT2D eigenvalue weighted by atomic mass is 10.2. The average molecular weight is 262 g/mol. The molecule has 98 valence electrons. The first-order valence-electron chi connectivity index (χ1n) is 5.43. The molecule has 0 bridgehead atoms. The molecule has 19 heavy (non-hydrogen) atoms. The third-order valence-electron chi connectivity index (χ3n) is 2.28. The van der Waals surface area contributed by atoms with Gasteiger partial charge in [-0.25, -0.2) is 0 Å². The molecule has 9 nitrogen and oxygen atoms in total. The number of nitro groups is 1. The van der Waals surface area contributed by atoms with E-state index in [1.54, 1.807) is 0 Å². The highest BCUT2D eigenvalue weighted by molar-refractivity contribution is 6.03. The Hall–Kier alpha value is -2.84. The van der Waals surface area contributed by atoms with Crippen LogP contribution in [0.4, 0.5) is 11.6 Å². The summed E-state index contributed by atoms with van der Waals surface area (Å²) in [6.07, 6.45) is 0. The van der Waals surface area contributed by atoms with Crippen molar-refractivity contribution in [3.8, 4) is 0 Å². The molecule has 0 unspecified atom stereocenters. The van der Waals surface area contributed by atoms with E-state index in [1.807, 2.05) is 6.92 Å². The van der Waals surface area contributed by atoms with Gasteiger partial charge in [0.05, 0.1) is 11.5 Å². The summed E-state index contributed by atoms with van der Waals surface area (Å²) in [5.74, 6) is -0.474. The van der Waals surface area contributed by atoms with Crippen molar-refractivity contribution in [2.45, 2.75) is 13.5 Å². The zero-order chi connectivity index (χ0) is 13.8. The van der Waals surface area contributed by atoms with Gasteiger partial charge in [0.15, 0.2) is 0 Å². The number of hydrogen-bond donors (Lipinski definition) is 1. The fraction of sp³-hybridized carbons (Fsp3) is 0.200. The van der Waals surface area contributed by atoms with E-state index in [-0.39, 0.29) is 17.2 Å². The zero-order valence-electron chi connectivity index (χ0n) is 9.98. The third-order valence-corrected chi connectivity index (χ3v) is 2.28. The molecule has 0 fully saturated rings. The van der Waals surface area contributed by atoms with Gasteiger partial charge in [-0.1, -0.05) is 11.2 Å². The van der Waals surface area contributed by atoms with E-state index < -0.39 is 10.8 Å². The normalized spacial score (nSPS) is 10.2. The van der Waals surface area contributed by atoms with Gasteiger partial charge in [-0.3, -0.25) is 20.2 Å². The highest BCUT2D eigenvalue weighted by atomic mass is 16.6. The first-order chi connectivity index (χ1) is 9.10. The fourth-order valence-corrected chi connectivity index (χ4v) is 1.36. The van der Waals surface area contributed by atoms with E-state index in [0.717, 1.165) is 0 Å². The van der Waals surface area contributed by atoms with Crippen LogP contribution in [0.3, 0.4) is 0 Å². The van der Waals surface area contributed by atoms with Crippen molar-refractivity contribution in [3.05, 3.63) is 39.9 Å². The number of aryl methyl sites for hydroxylation is 1. The van der Waals surface area contributed by atoms with Crippen LogP contribution in [-0.2, 0) is 6.54 Å². The maximum Gasteiger partial charge on any atom is 0.270 e. The number of carbonyl (C=O) groups is 1. The molecule has 0 saturated heterocycles. The molecule has 2 rings (SSSR count). The maximum absolute atomic E-state index is 11.8. The van der Waals surface area contributed by atoms with Crippen molar-refractivity contribution < 1.29 is 9.72 Å². The van der Waals surface area contributed by atoms with Crippen molar-refractivity contribution in [1.29, 1.82) is 0 Å². The van der Waals surface area contributed by atoms with Gasteiger partial charge in [0.2, 0.25) is 0 Å². The maximum atomic E-state index is 11.8. The predicted molar refractivity (Wildman–Crippen MR) is 64.5 cm³/mol. The molecule has 0 spiro atoms. The lowest BCUT2D eigenvalue weighted by Crippen LogP contribution is -2.13. The van der Waals surface area contributed by atoms with E-state index >= 15 is 0 Å². The number of carbonyl (C=O) groups excluding carboxylic acids is 1. The number of nitro benzene ring substituents is 1. The second-order valence-electron chi connectivity index (χ2n) is 3.56. The molecule has 0 aliphatic carbocycles. The molecule has 0 radical (unpaired) electrons. The van der Waals surface area contributed by atoms with Crippen LogP contribution >= 0.6 is 0 Å². The molecule has 0 saturated carbocycles. The average Bonchev–Trinajstić information content (AvgIpc) is 2.86. The van der Waals surface area contributed by atoms with Crippen LogP contribution in [0.5, 0.6) is 0 Å². The van der Waals surface area contributed by atoms with Crippen molar-refractivity contribution in [2.75, 3.05) is 5.32 Å². The molecule has 1 heterocycles. The molecule has 1 aromatic carbocycles. The number of non-ortho nitro benzene ring substituents is 1. The van der Waals surface area contributed by atoms with Crippen LogP contribution < -0.4 is 5.32 Å². The minimum atomic E-state index is -0.567. The fourth-order valence-electron chi connectivity index (χ4n) is 1.36. The Labute approximate surface area is 107 Å². The highest BCUT2D eigenvalue weighted by Crippen LogP contribution is 2.13. The molecule has 1 N–H and O–H groups in total. The number of aromatic nitrogens is 4. The number of tetrazole rings is 1. The van der Waals surface area contributed by atoms with Crippen molar-refractivity contribution >= 4 is 17.5 Å². The molecule has 2 aromatic rings. The Kier molecular flexibility index (Phi) is 3.46. The molecule has 1 amide bonds. The summed E-state index contributed by atoms with van der Waals surface area (Å²) in [6, 6.07) is 5.39. The van der Waals surface area contributed by atoms with Crippen molar-refractivity contribution in [2.24, 2.45) is 0 Å². The number of rotatable bonds is 4. The van der Waals surface area contributed by atoms with Crippen molar-refractivity contribution in [3.63, 3.8) is 0 Å². The van der Waals surface area contributed by atoms with E-state index in [2.05, 4.69) is 20.7 Å². The zero-order valence-corrected chi connectivity index (χ0v) is 9.98. The first-order valence-corrected chi connectivity index (χ1v) is 5.43. The lowest BCUT2D eigenvalue weighted by molar-refractivity contribution is -0.384. The second-order valence-corrected chi connectivity index (χ2v) is 3.56. The summed E-state index contributed by atoms with van der Waals surface area (Å²) >= 11 is 0. The van der Waals surface area contributed by atoms with Gasteiger partial charge >= 0.3 is 0 Å². The van der Waals surface area contributed by atoms with Gasteiger partial charge in [-0.05, 0) is 18.2 Å². The summed E-state index contributed by atoms with van der Waals surface area (Å²) in [5.41, 5.74) is -0.000120. The highest BCUT2D eigenvalue weighted by Gasteiger charge is 2.13. The quantitative estimate of drug-likeness (QED) is 0.645. The Balaban J connectivity index is 2.15. The summed E-state index contributed by atoms with van der Waals surface area (Å²) in [6.45, 7) is 2.35. The molecule has 0 atom stereocenters. The number of anilines is 1. The van der Waals surface area contributed by atoms with E-state index in [9.17, 15) is 14.9 Å². The Bertz CT molecular complexity index is 623. The largest absolute Gasteiger partial charge is 0.288 e. The molecule has 1 aromatic heterocycles. The number of hydrogen-bond acceptors (Lipinski definition) is 6. The number of nitrogens with zero attached hydrogens (tertiary/aromatic N) is 5. The summed E-state index contributed by atoms with van der Waals surface area (Å²) in [7, 11) is 0. The van der Waals surface area contributed by atoms with Gasteiger partial charge in [0.25, 0.3) is 17.5 Å². The lowest BCUT2D eigenvalue weighted by Gasteiger charge is -2.00. The molecular formula is C10H10N6O3. The van der Waals surface area contributed by atoms with Crippen LogP contribution in [0, 0.1) is 10.1 Å². The number of nitrogens with one attached hydrogen (secondary N) is 1. The Morgan fingerprint density at radius 2 is 2.32 bits per heavy atom.